The van der Waals surface area contributed by atoms with E-state index in [1.54, 1.807) is 73.8 Å². The summed E-state index contributed by atoms with van der Waals surface area (Å²) in [7, 11) is 1.57. The van der Waals surface area contributed by atoms with E-state index >= 15 is 0 Å². The van der Waals surface area contributed by atoms with Gasteiger partial charge in [0, 0.05) is 12.1 Å². The van der Waals surface area contributed by atoms with Crippen LogP contribution in [-0.4, -0.2) is 27.9 Å². The summed E-state index contributed by atoms with van der Waals surface area (Å²) in [5.74, 6) is 1.32. The van der Waals surface area contributed by atoms with Gasteiger partial charge in [0.15, 0.2) is 11.5 Å². The Kier molecular flexibility index (Phi) is 7.54. The van der Waals surface area contributed by atoms with Gasteiger partial charge in [0.25, 0.3) is 11.2 Å². The van der Waals surface area contributed by atoms with E-state index in [1.165, 1.54) is 18.3 Å². The smallest absolute Gasteiger partial charge is 0.282 e. The first kappa shape index (κ1) is 28.0. The average molecular weight is 615 g/mol. The number of aromatic nitrogens is 2. The number of nitro benzene ring substituents is 1. The fourth-order valence-corrected chi connectivity index (χ4v) is 5.16. The lowest BCUT2D eigenvalue weighted by molar-refractivity contribution is -0.384. The molecule has 0 atom stereocenters. The minimum absolute atomic E-state index is 0.0123. The molecule has 0 spiro atoms. The molecule has 2 aromatic heterocycles. The predicted molar refractivity (Wildman–Crippen MR) is 165 cm³/mol. The number of hydrogen-bond acceptors (Lipinski definition) is 8. The van der Waals surface area contributed by atoms with Gasteiger partial charge in [0.05, 0.1) is 44.6 Å². The standard InChI is InChI=1S/C31H20Cl2N4O6/c1-41-26-10-5-11-27-22(26)15-28(43-27)30-35-25-9-3-2-8-21(25)31(38)36(30)34-16-19-13-23(32)29(24(33)14-19)42-17-18-6-4-7-20(12-18)37(39)40/h2-16H,17H2,1H3. The molecule has 0 aliphatic rings. The molecule has 43 heavy (non-hydrogen) atoms. The molecule has 10 nitrogen and oxygen atoms in total. The second kappa shape index (κ2) is 11.6. The van der Waals surface area contributed by atoms with Gasteiger partial charge in [-0.05, 0) is 53.6 Å². The summed E-state index contributed by atoms with van der Waals surface area (Å²) in [6.07, 6.45) is 1.42. The second-order valence-electron chi connectivity index (χ2n) is 9.33. The number of ether oxygens (including phenoxy) is 2. The second-order valence-corrected chi connectivity index (χ2v) is 10.1. The van der Waals surface area contributed by atoms with Crippen molar-refractivity contribution in [1.29, 1.82) is 0 Å². The van der Waals surface area contributed by atoms with Crippen molar-refractivity contribution in [3.05, 3.63) is 127 Å². The van der Waals surface area contributed by atoms with E-state index in [4.69, 9.17) is 37.1 Å². The largest absolute Gasteiger partial charge is 0.496 e. The van der Waals surface area contributed by atoms with E-state index in [0.717, 1.165) is 10.1 Å². The number of furan rings is 1. The maximum Gasteiger partial charge on any atom is 0.282 e. The SMILES string of the molecule is COc1cccc2oc(-c3nc4ccccc4c(=O)n3N=Cc3cc(Cl)c(OCc4cccc([N+](=O)[O-])c4)c(Cl)c3)cc12. The number of fused-ring (bicyclic) bond motifs is 2. The highest BCUT2D eigenvalue weighted by Gasteiger charge is 2.18. The summed E-state index contributed by atoms with van der Waals surface area (Å²) in [6.45, 7) is 0.0123. The molecule has 0 bridgehead atoms. The summed E-state index contributed by atoms with van der Waals surface area (Å²) in [4.78, 5) is 28.9. The van der Waals surface area contributed by atoms with Gasteiger partial charge >= 0.3 is 0 Å². The third-order valence-electron chi connectivity index (χ3n) is 6.56. The van der Waals surface area contributed by atoms with Crippen molar-refractivity contribution < 1.29 is 18.8 Å². The zero-order chi connectivity index (χ0) is 30.1. The molecule has 6 rings (SSSR count). The van der Waals surface area contributed by atoms with Crippen LogP contribution in [0.5, 0.6) is 11.5 Å². The Hall–Kier alpha value is -5.19. The van der Waals surface area contributed by atoms with Crippen molar-refractivity contribution in [3.63, 3.8) is 0 Å². The van der Waals surface area contributed by atoms with Crippen LogP contribution in [0.2, 0.25) is 10.0 Å². The normalized spacial score (nSPS) is 11.4. The molecular formula is C31H20Cl2N4O6. The van der Waals surface area contributed by atoms with Gasteiger partial charge in [0.1, 0.15) is 17.9 Å². The number of rotatable bonds is 8. The van der Waals surface area contributed by atoms with Crippen molar-refractivity contribution in [2.45, 2.75) is 6.61 Å². The van der Waals surface area contributed by atoms with Crippen LogP contribution in [0.1, 0.15) is 11.1 Å². The number of hydrogen-bond donors (Lipinski definition) is 0. The van der Waals surface area contributed by atoms with Crippen LogP contribution in [0.3, 0.4) is 0 Å². The predicted octanol–water partition coefficient (Wildman–Crippen LogP) is 7.49. The maximum absolute atomic E-state index is 13.6. The van der Waals surface area contributed by atoms with Crippen molar-refractivity contribution in [2.24, 2.45) is 5.10 Å². The molecule has 0 saturated carbocycles. The number of nitro groups is 1. The number of benzene rings is 4. The molecular weight excluding hydrogens is 595 g/mol. The van der Waals surface area contributed by atoms with Gasteiger partial charge in [-0.15, -0.1) is 0 Å². The quantitative estimate of drug-likeness (QED) is 0.0988. The summed E-state index contributed by atoms with van der Waals surface area (Å²) in [5, 5.41) is 17.0. The zero-order valence-electron chi connectivity index (χ0n) is 22.4. The first-order chi connectivity index (χ1) is 20.8. The lowest BCUT2D eigenvalue weighted by atomic mass is 10.2. The molecule has 6 aromatic rings. The molecule has 214 valence electrons. The van der Waals surface area contributed by atoms with E-state index < -0.39 is 10.5 Å². The van der Waals surface area contributed by atoms with Crippen LogP contribution in [0.15, 0.2) is 99.2 Å². The highest BCUT2D eigenvalue weighted by atomic mass is 35.5. The third-order valence-corrected chi connectivity index (χ3v) is 7.12. The van der Waals surface area contributed by atoms with Gasteiger partial charge < -0.3 is 13.9 Å². The maximum atomic E-state index is 13.6. The Morgan fingerprint density at radius 2 is 1.77 bits per heavy atom. The van der Waals surface area contributed by atoms with Gasteiger partial charge in [-0.2, -0.15) is 9.78 Å². The van der Waals surface area contributed by atoms with Crippen LogP contribution in [0, 0.1) is 10.1 Å². The topological polar surface area (TPSA) is 122 Å². The Labute approximate surface area is 253 Å². The summed E-state index contributed by atoms with van der Waals surface area (Å²) in [5.41, 5.74) is 1.65. The van der Waals surface area contributed by atoms with E-state index in [1.807, 2.05) is 6.07 Å². The van der Waals surface area contributed by atoms with Gasteiger partial charge in [-0.25, -0.2) is 4.98 Å². The van der Waals surface area contributed by atoms with E-state index in [-0.39, 0.29) is 33.9 Å². The Morgan fingerprint density at radius 1 is 1.00 bits per heavy atom. The molecule has 12 heteroatoms. The molecule has 2 heterocycles. The van der Waals surface area contributed by atoms with Crippen LogP contribution in [0.4, 0.5) is 5.69 Å². The first-order valence-corrected chi connectivity index (χ1v) is 13.6. The van der Waals surface area contributed by atoms with Gasteiger partial charge in [0.2, 0.25) is 5.82 Å². The summed E-state index contributed by atoms with van der Waals surface area (Å²) >= 11 is 13.0. The van der Waals surface area contributed by atoms with Crippen LogP contribution in [0.25, 0.3) is 33.5 Å². The number of nitrogens with zero attached hydrogens (tertiary/aromatic N) is 4. The van der Waals surface area contributed by atoms with Crippen LogP contribution < -0.4 is 15.0 Å². The third kappa shape index (κ3) is 5.53. The molecule has 0 saturated heterocycles. The molecule has 0 aliphatic heterocycles. The van der Waals surface area contributed by atoms with Crippen molar-refractivity contribution >= 4 is 57.0 Å². The lowest BCUT2D eigenvalue weighted by Crippen LogP contribution is -2.20. The number of non-ortho nitro benzene ring substituents is 1. The Bertz CT molecular complexity index is 2100. The molecule has 0 unspecified atom stereocenters. The lowest BCUT2D eigenvalue weighted by Gasteiger charge is -2.11. The molecule has 0 fully saturated rings. The minimum atomic E-state index is -0.482. The van der Waals surface area contributed by atoms with Crippen molar-refractivity contribution in [2.75, 3.05) is 7.11 Å². The first-order valence-electron chi connectivity index (χ1n) is 12.8. The molecule has 0 N–H and O–H groups in total. The zero-order valence-corrected chi connectivity index (χ0v) is 23.9. The summed E-state index contributed by atoms with van der Waals surface area (Å²) in [6, 6.07) is 23.3. The van der Waals surface area contributed by atoms with Gasteiger partial charge in [-0.3, -0.25) is 14.9 Å². The number of methoxy groups -OCH3 is 1. The average Bonchev–Trinajstić information content (AvgIpc) is 3.45. The Morgan fingerprint density at radius 3 is 2.53 bits per heavy atom. The fourth-order valence-electron chi connectivity index (χ4n) is 4.54. The molecule has 4 aromatic carbocycles. The van der Waals surface area contributed by atoms with E-state index in [9.17, 15) is 14.9 Å². The number of para-hydroxylation sites is 1. The fraction of sp³-hybridized carbons (Fsp3) is 0.0645. The molecule has 0 amide bonds. The molecule has 0 aliphatic carbocycles. The highest BCUT2D eigenvalue weighted by Crippen LogP contribution is 2.35. The Balaban J connectivity index is 1.36. The summed E-state index contributed by atoms with van der Waals surface area (Å²) < 4.78 is 18.4. The monoisotopic (exact) mass is 614 g/mol. The highest BCUT2D eigenvalue weighted by molar-refractivity contribution is 6.37. The van der Waals surface area contributed by atoms with Crippen LogP contribution >= 0.6 is 23.2 Å². The van der Waals surface area contributed by atoms with E-state index in [0.29, 0.717) is 39.1 Å². The van der Waals surface area contributed by atoms with Crippen molar-refractivity contribution in [1.82, 2.24) is 9.66 Å². The minimum Gasteiger partial charge on any atom is -0.496 e. The number of halogens is 2. The van der Waals surface area contributed by atoms with Crippen molar-refractivity contribution in [3.8, 4) is 23.1 Å². The van der Waals surface area contributed by atoms with Crippen LogP contribution in [-0.2, 0) is 6.61 Å². The van der Waals surface area contributed by atoms with E-state index in [2.05, 4.69) is 10.1 Å². The molecule has 0 radical (unpaired) electrons. The van der Waals surface area contributed by atoms with Gasteiger partial charge in [-0.1, -0.05) is 53.5 Å².